The van der Waals surface area contributed by atoms with E-state index < -0.39 is 10.0 Å². The summed E-state index contributed by atoms with van der Waals surface area (Å²) >= 11 is 1.74. The third-order valence-electron chi connectivity index (χ3n) is 3.72. The average Bonchev–Trinajstić information content (AvgIpc) is 2.62. The van der Waals surface area contributed by atoms with Crippen LogP contribution in [0.4, 0.5) is 0 Å². The monoisotopic (exact) mass is 406 g/mol. The highest BCUT2D eigenvalue weighted by atomic mass is 32.2. The maximum atomic E-state index is 12.3. The maximum Gasteiger partial charge on any atom is 0.251 e. The second-order valence-corrected chi connectivity index (χ2v) is 9.42. The minimum absolute atomic E-state index is 0.0950. The van der Waals surface area contributed by atoms with Crippen molar-refractivity contribution in [2.24, 2.45) is 0 Å². The minimum atomic E-state index is -3.61. The molecule has 0 aliphatic rings. The average molecular weight is 407 g/mol. The van der Waals surface area contributed by atoms with E-state index >= 15 is 0 Å². The highest BCUT2D eigenvalue weighted by molar-refractivity contribution is 7.98. The lowest BCUT2D eigenvalue weighted by atomic mass is 10.2. The Hall–Kier alpha value is -1.83. The Labute approximate surface area is 166 Å². The first-order chi connectivity index (χ1) is 12.8. The number of carbonyl (C=O) groups excluding carboxylic acids is 1. The molecule has 146 valence electrons. The van der Waals surface area contributed by atoms with Crippen molar-refractivity contribution in [3.63, 3.8) is 0 Å². The van der Waals surface area contributed by atoms with Gasteiger partial charge in [0.1, 0.15) is 0 Å². The fourth-order valence-electron chi connectivity index (χ4n) is 2.40. The van der Waals surface area contributed by atoms with Crippen LogP contribution in [-0.4, -0.2) is 32.7 Å². The van der Waals surface area contributed by atoms with Crippen LogP contribution < -0.4 is 10.0 Å². The summed E-state index contributed by atoms with van der Waals surface area (Å²) in [5.74, 6) is 1.41. The molecule has 0 aliphatic heterocycles. The van der Waals surface area contributed by atoms with Crippen LogP contribution in [0.5, 0.6) is 0 Å². The molecule has 0 radical (unpaired) electrons. The maximum absolute atomic E-state index is 12.3. The van der Waals surface area contributed by atoms with E-state index in [1.165, 1.54) is 23.3 Å². The van der Waals surface area contributed by atoms with Gasteiger partial charge < -0.3 is 5.32 Å². The molecular weight excluding hydrogens is 380 g/mol. The third kappa shape index (κ3) is 7.01. The van der Waals surface area contributed by atoms with Crippen LogP contribution in [0, 0.1) is 6.92 Å². The lowest BCUT2D eigenvalue weighted by Crippen LogP contribution is -2.31. The lowest BCUT2D eigenvalue weighted by Gasteiger charge is -2.11. The molecule has 0 saturated heterocycles. The van der Waals surface area contributed by atoms with Crippen LogP contribution in [0.2, 0.25) is 0 Å². The Morgan fingerprint density at radius 3 is 2.48 bits per heavy atom. The summed E-state index contributed by atoms with van der Waals surface area (Å²) in [4.78, 5) is 12.4. The summed E-state index contributed by atoms with van der Waals surface area (Å²) in [5.41, 5.74) is 2.83. The number of sulfonamides is 1. The molecule has 0 aliphatic carbocycles. The Morgan fingerprint density at radius 2 is 1.81 bits per heavy atom. The number of benzene rings is 2. The molecule has 0 bridgehead atoms. The molecule has 7 heteroatoms. The Morgan fingerprint density at radius 1 is 1.11 bits per heavy atom. The number of rotatable bonds is 9. The van der Waals surface area contributed by atoms with Crippen molar-refractivity contribution >= 4 is 27.7 Å². The molecule has 0 heterocycles. The number of hydrogen-bond acceptors (Lipinski definition) is 4. The molecule has 1 amide bonds. The second kappa shape index (κ2) is 9.92. The molecule has 0 unspecified atom stereocenters. The van der Waals surface area contributed by atoms with Crippen LogP contribution in [0.3, 0.4) is 0 Å². The number of thioether (sulfide) groups is 1. The van der Waals surface area contributed by atoms with E-state index in [4.69, 9.17) is 0 Å². The number of aryl methyl sites for hydroxylation is 1. The normalized spacial score (nSPS) is 11.6. The molecule has 0 spiro atoms. The zero-order chi connectivity index (χ0) is 19.9. The molecule has 27 heavy (non-hydrogen) atoms. The quantitative estimate of drug-likeness (QED) is 0.626. The van der Waals surface area contributed by atoms with Crippen molar-refractivity contribution in [3.05, 3.63) is 65.2 Å². The predicted octanol–water partition coefficient (Wildman–Crippen LogP) is 3.34. The van der Waals surface area contributed by atoms with E-state index in [0.717, 1.165) is 11.5 Å². The Kier molecular flexibility index (Phi) is 7.89. The molecule has 2 aromatic carbocycles. The smallest absolute Gasteiger partial charge is 0.251 e. The zero-order valence-corrected chi connectivity index (χ0v) is 17.5. The van der Waals surface area contributed by atoms with Gasteiger partial charge in [0.25, 0.3) is 5.91 Å². The Balaban J connectivity index is 1.83. The van der Waals surface area contributed by atoms with Gasteiger partial charge in [0.05, 0.1) is 4.90 Å². The molecule has 0 aromatic heterocycles. The summed E-state index contributed by atoms with van der Waals surface area (Å²) in [6.07, 6.45) is 0. The van der Waals surface area contributed by atoms with Gasteiger partial charge in [-0.15, -0.1) is 0 Å². The summed E-state index contributed by atoms with van der Waals surface area (Å²) in [6.45, 7) is 6.09. The third-order valence-corrected chi connectivity index (χ3v) is 6.41. The van der Waals surface area contributed by atoms with Crippen LogP contribution >= 0.6 is 11.8 Å². The van der Waals surface area contributed by atoms with E-state index in [1.54, 1.807) is 37.7 Å². The summed E-state index contributed by atoms with van der Waals surface area (Å²) < 4.78 is 27.0. The minimum Gasteiger partial charge on any atom is -0.351 e. The van der Waals surface area contributed by atoms with Crippen LogP contribution in [0.25, 0.3) is 0 Å². The number of hydrogen-bond donors (Lipinski definition) is 2. The number of amides is 1. The highest BCUT2D eigenvalue weighted by Gasteiger charge is 2.17. The topological polar surface area (TPSA) is 75.3 Å². The van der Waals surface area contributed by atoms with Crippen molar-refractivity contribution in [3.8, 4) is 0 Å². The molecule has 0 fully saturated rings. The van der Waals surface area contributed by atoms with Crippen molar-refractivity contribution in [2.75, 3.05) is 12.3 Å². The van der Waals surface area contributed by atoms with Gasteiger partial charge >= 0.3 is 0 Å². The first-order valence-electron chi connectivity index (χ1n) is 8.82. The van der Waals surface area contributed by atoms with E-state index in [9.17, 15) is 13.2 Å². The molecule has 0 atom stereocenters. The van der Waals surface area contributed by atoms with Crippen molar-refractivity contribution in [1.29, 1.82) is 0 Å². The molecule has 2 rings (SSSR count). The SMILES string of the molecule is Cc1ccc(CSCCNC(=O)c2cccc(S(=O)(=O)NC(C)C)c2)cc1. The molecular formula is C20H26N2O3S2. The molecule has 5 nitrogen and oxygen atoms in total. The van der Waals surface area contributed by atoms with Crippen LogP contribution in [0.1, 0.15) is 35.3 Å². The number of carbonyl (C=O) groups is 1. The van der Waals surface area contributed by atoms with Gasteiger partial charge in [0.2, 0.25) is 10.0 Å². The van der Waals surface area contributed by atoms with E-state index in [0.29, 0.717) is 12.1 Å². The van der Waals surface area contributed by atoms with Crippen molar-refractivity contribution < 1.29 is 13.2 Å². The lowest BCUT2D eigenvalue weighted by molar-refractivity contribution is 0.0956. The summed E-state index contributed by atoms with van der Waals surface area (Å²) in [7, 11) is -3.61. The zero-order valence-electron chi connectivity index (χ0n) is 15.9. The van der Waals surface area contributed by atoms with Crippen molar-refractivity contribution in [1.82, 2.24) is 10.0 Å². The highest BCUT2D eigenvalue weighted by Crippen LogP contribution is 2.14. The van der Waals surface area contributed by atoms with E-state index in [1.807, 2.05) is 0 Å². The standard InChI is InChI=1S/C20H26N2O3S2/c1-15(2)22-27(24,25)19-6-4-5-18(13-19)20(23)21-11-12-26-14-17-9-7-16(3)8-10-17/h4-10,13,15,22H,11-12,14H2,1-3H3,(H,21,23). The fraction of sp³-hybridized carbons (Fsp3) is 0.350. The Bertz CT molecular complexity index is 863. The van der Waals surface area contributed by atoms with Gasteiger partial charge in [-0.1, -0.05) is 35.9 Å². The summed E-state index contributed by atoms with van der Waals surface area (Å²) in [5, 5.41) is 2.84. The molecule has 2 N–H and O–H groups in total. The van der Waals surface area contributed by atoms with Crippen molar-refractivity contribution in [2.45, 2.75) is 37.5 Å². The van der Waals surface area contributed by atoms with Gasteiger partial charge in [-0.2, -0.15) is 11.8 Å². The first kappa shape index (κ1) is 21.5. The van der Waals surface area contributed by atoms with E-state index in [-0.39, 0.29) is 16.8 Å². The largest absolute Gasteiger partial charge is 0.351 e. The van der Waals surface area contributed by atoms with Crippen LogP contribution in [-0.2, 0) is 15.8 Å². The van der Waals surface area contributed by atoms with Crippen LogP contribution in [0.15, 0.2) is 53.4 Å². The van der Waals surface area contributed by atoms with Gasteiger partial charge in [-0.25, -0.2) is 13.1 Å². The molecule has 0 saturated carbocycles. The van der Waals surface area contributed by atoms with Gasteiger partial charge in [-0.3, -0.25) is 4.79 Å². The number of nitrogens with one attached hydrogen (secondary N) is 2. The predicted molar refractivity (Wildman–Crippen MR) is 112 cm³/mol. The molecule has 2 aromatic rings. The van der Waals surface area contributed by atoms with Gasteiger partial charge in [-0.05, 0) is 44.5 Å². The van der Waals surface area contributed by atoms with E-state index in [2.05, 4.69) is 41.2 Å². The fourth-order valence-corrected chi connectivity index (χ4v) is 4.51. The first-order valence-corrected chi connectivity index (χ1v) is 11.5. The summed E-state index contributed by atoms with van der Waals surface area (Å²) in [6, 6.07) is 14.3. The van der Waals surface area contributed by atoms with Gasteiger partial charge in [0, 0.05) is 29.7 Å². The van der Waals surface area contributed by atoms with Gasteiger partial charge in [0.15, 0.2) is 0 Å². The second-order valence-electron chi connectivity index (χ2n) is 6.60.